The summed E-state index contributed by atoms with van der Waals surface area (Å²) in [4.78, 5) is 16.9. The van der Waals surface area contributed by atoms with Crippen LogP contribution in [0, 0.1) is 0 Å². The molecule has 36 heavy (non-hydrogen) atoms. The largest absolute Gasteiger partial charge is 0.465 e. The maximum absolute atomic E-state index is 12.3. The fourth-order valence-electron chi connectivity index (χ4n) is 3.97. The minimum atomic E-state index is -2.05. The van der Waals surface area contributed by atoms with Gasteiger partial charge in [-0.2, -0.15) is 0 Å². The minimum Gasteiger partial charge on any atom is -0.465 e. The lowest BCUT2D eigenvalue weighted by atomic mass is 10.0. The van der Waals surface area contributed by atoms with Gasteiger partial charge < -0.3 is 13.6 Å². The van der Waals surface area contributed by atoms with Gasteiger partial charge in [-0.15, -0.1) is 0 Å². The van der Waals surface area contributed by atoms with E-state index in [1.54, 1.807) is 12.3 Å². The zero-order valence-electron chi connectivity index (χ0n) is 22.7. The number of nitrogens with zero attached hydrogens (tertiary/aromatic N) is 1. The molecule has 6 heteroatoms. The summed E-state index contributed by atoms with van der Waals surface area (Å²) in [5, 5.41) is 0.0772. The Hall–Kier alpha value is -2.70. The predicted octanol–water partition coefficient (Wildman–Crippen LogP) is 8.38. The van der Waals surface area contributed by atoms with Gasteiger partial charge in [0.05, 0.1) is 18.9 Å². The number of hydrogen-bond acceptors (Lipinski definition) is 5. The van der Waals surface area contributed by atoms with Crippen molar-refractivity contribution in [2.75, 3.05) is 7.11 Å². The van der Waals surface area contributed by atoms with Crippen LogP contribution in [0.5, 0.6) is 0 Å². The average molecular weight is 508 g/mol. The highest BCUT2D eigenvalue weighted by molar-refractivity contribution is 6.74. The third kappa shape index (κ3) is 7.40. The van der Waals surface area contributed by atoms with E-state index in [1.165, 1.54) is 25.5 Å². The van der Waals surface area contributed by atoms with Crippen molar-refractivity contribution < 1.29 is 18.4 Å². The van der Waals surface area contributed by atoms with Gasteiger partial charge in [-0.25, -0.2) is 9.78 Å². The zero-order valence-corrected chi connectivity index (χ0v) is 23.7. The second kappa shape index (κ2) is 12.5. The predicted molar refractivity (Wildman–Crippen MR) is 148 cm³/mol. The van der Waals surface area contributed by atoms with Crippen molar-refractivity contribution in [1.29, 1.82) is 0 Å². The van der Waals surface area contributed by atoms with Crippen LogP contribution in [0.25, 0.3) is 11.3 Å². The number of rotatable bonds is 12. The van der Waals surface area contributed by atoms with Gasteiger partial charge in [0.2, 0.25) is 5.89 Å². The number of aromatic nitrogens is 1. The highest BCUT2D eigenvalue weighted by Gasteiger charge is 2.40. The van der Waals surface area contributed by atoms with Crippen LogP contribution in [-0.2, 0) is 15.6 Å². The standard InChI is InChI=1S/C30H41NO4Si/c1-30(2,3)36(5,6)35-26(21-13-8-7-10-16-23-17-11-9-12-18-23)28-31-22-27(34-28)24-19-14-15-20-25(24)29(32)33-4/h9,11-12,14-15,17-20,22,26H,7-8,10,13,16,21H2,1-6H3. The molecule has 3 aromatic rings. The lowest BCUT2D eigenvalue weighted by molar-refractivity contribution is 0.0601. The van der Waals surface area contributed by atoms with Gasteiger partial charge in [0.25, 0.3) is 0 Å². The SMILES string of the molecule is COC(=O)c1ccccc1-c1cnc(C(CCCCCCc2ccccc2)O[Si](C)(C)C(C)(C)C)o1. The number of oxazole rings is 1. The second-order valence-electron chi connectivity index (χ2n) is 10.9. The zero-order chi connectivity index (χ0) is 26.2. The molecule has 0 fully saturated rings. The molecule has 1 heterocycles. The maximum atomic E-state index is 12.3. The Balaban J connectivity index is 1.70. The number of ether oxygens (including phenoxy) is 1. The van der Waals surface area contributed by atoms with Crippen molar-refractivity contribution in [3.05, 3.63) is 77.8 Å². The number of hydrogen-bond donors (Lipinski definition) is 0. The molecule has 0 saturated carbocycles. The van der Waals surface area contributed by atoms with Crippen LogP contribution >= 0.6 is 0 Å². The van der Waals surface area contributed by atoms with Crippen LogP contribution in [0.1, 0.15) is 80.8 Å². The molecule has 0 aliphatic rings. The van der Waals surface area contributed by atoms with Gasteiger partial charge in [0.15, 0.2) is 14.1 Å². The van der Waals surface area contributed by atoms with Gasteiger partial charge in [-0.3, -0.25) is 0 Å². The average Bonchev–Trinajstić information content (AvgIpc) is 3.35. The molecular formula is C30H41NO4Si. The maximum Gasteiger partial charge on any atom is 0.338 e. The molecule has 1 atom stereocenters. The summed E-state index contributed by atoms with van der Waals surface area (Å²) in [5.74, 6) is 0.740. The number of benzene rings is 2. The fraction of sp³-hybridized carbons (Fsp3) is 0.467. The Bertz CT molecular complexity index is 1100. The van der Waals surface area contributed by atoms with Crippen molar-refractivity contribution in [1.82, 2.24) is 4.98 Å². The van der Waals surface area contributed by atoms with E-state index in [0.717, 1.165) is 25.7 Å². The second-order valence-corrected chi connectivity index (χ2v) is 15.7. The molecule has 1 aromatic heterocycles. The first-order valence-electron chi connectivity index (χ1n) is 13.0. The van der Waals surface area contributed by atoms with Crippen molar-refractivity contribution in [3.63, 3.8) is 0 Å². The molecule has 0 radical (unpaired) electrons. The molecule has 0 bridgehead atoms. The van der Waals surface area contributed by atoms with Gasteiger partial charge in [-0.1, -0.05) is 88.6 Å². The first-order valence-corrected chi connectivity index (χ1v) is 15.9. The van der Waals surface area contributed by atoms with Crippen molar-refractivity contribution in [3.8, 4) is 11.3 Å². The van der Waals surface area contributed by atoms with E-state index in [-0.39, 0.29) is 11.1 Å². The van der Waals surface area contributed by atoms with E-state index in [1.807, 2.05) is 18.2 Å². The number of carbonyl (C=O) groups is 1. The smallest absolute Gasteiger partial charge is 0.338 e. The fourth-order valence-corrected chi connectivity index (χ4v) is 5.25. The van der Waals surface area contributed by atoms with Crippen molar-refractivity contribution in [2.45, 2.75) is 83.5 Å². The Morgan fingerprint density at radius 3 is 2.33 bits per heavy atom. The summed E-state index contributed by atoms with van der Waals surface area (Å²) in [7, 11) is -0.666. The molecule has 5 nitrogen and oxygen atoms in total. The van der Waals surface area contributed by atoms with Gasteiger partial charge in [-0.05, 0) is 49.0 Å². The minimum absolute atomic E-state index is 0.0772. The van der Waals surface area contributed by atoms with E-state index < -0.39 is 14.3 Å². The van der Waals surface area contributed by atoms with Gasteiger partial charge in [0, 0.05) is 5.56 Å². The summed E-state index contributed by atoms with van der Waals surface area (Å²) >= 11 is 0. The van der Waals surface area contributed by atoms with Crippen LogP contribution in [-0.4, -0.2) is 26.4 Å². The molecule has 0 N–H and O–H groups in total. The number of methoxy groups -OCH3 is 1. The quantitative estimate of drug-likeness (QED) is 0.140. The molecule has 0 saturated heterocycles. The first kappa shape index (κ1) is 27.9. The Morgan fingerprint density at radius 1 is 0.972 bits per heavy atom. The summed E-state index contributed by atoms with van der Waals surface area (Å²) in [6, 6.07) is 17.9. The lowest BCUT2D eigenvalue weighted by Crippen LogP contribution is -2.41. The third-order valence-corrected chi connectivity index (χ3v) is 11.7. The lowest BCUT2D eigenvalue weighted by Gasteiger charge is -2.38. The summed E-state index contributed by atoms with van der Waals surface area (Å²) < 4.78 is 18.0. The summed E-state index contributed by atoms with van der Waals surface area (Å²) in [6.45, 7) is 11.3. The van der Waals surface area contributed by atoms with E-state index in [0.29, 0.717) is 22.8 Å². The molecule has 1 unspecified atom stereocenters. The van der Waals surface area contributed by atoms with E-state index in [9.17, 15) is 4.79 Å². The highest BCUT2D eigenvalue weighted by Crippen LogP contribution is 2.41. The van der Waals surface area contributed by atoms with Crippen LogP contribution < -0.4 is 0 Å². The van der Waals surface area contributed by atoms with Crippen LogP contribution in [0.2, 0.25) is 18.1 Å². The van der Waals surface area contributed by atoms with E-state index in [4.69, 9.17) is 13.6 Å². The third-order valence-electron chi connectivity index (χ3n) is 7.16. The van der Waals surface area contributed by atoms with Crippen molar-refractivity contribution in [2.24, 2.45) is 0 Å². The molecule has 0 aliphatic carbocycles. The Morgan fingerprint density at radius 2 is 1.64 bits per heavy atom. The molecule has 0 spiro atoms. The molecule has 194 valence electrons. The number of carbonyl (C=O) groups excluding carboxylic acids is 1. The molecule has 0 aliphatic heterocycles. The molecule has 3 rings (SSSR count). The monoisotopic (exact) mass is 507 g/mol. The summed E-state index contributed by atoms with van der Waals surface area (Å²) in [5.41, 5.74) is 2.54. The Labute approximate surface area is 217 Å². The molecule has 0 amide bonds. The van der Waals surface area contributed by atoms with Crippen LogP contribution in [0.3, 0.4) is 0 Å². The van der Waals surface area contributed by atoms with Gasteiger partial charge in [0.1, 0.15) is 6.10 Å². The number of unbranched alkanes of at least 4 members (excludes halogenated alkanes) is 3. The number of aryl methyl sites for hydroxylation is 1. The normalized spacial score (nSPS) is 12.9. The first-order chi connectivity index (χ1) is 17.1. The Kier molecular flexibility index (Phi) is 9.68. The van der Waals surface area contributed by atoms with E-state index in [2.05, 4.69) is 69.2 Å². The summed E-state index contributed by atoms with van der Waals surface area (Å²) in [6.07, 6.45) is 8.02. The van der Waals surface area contributed by atoms with Gasteiger partial charge >= 0.3 is 5.97 Å². The molecule has 2 aromatic carbocycles. The van der Waals surface area contributed by atoms with Crippen LogP contribution in [0.4, 0.5) is 0 Å². The topological polar surface area (TPSA) is 61.6 Å². The van der Waals surface area contributed by atoms with Crippen molar-refractivity contribution >= 4 is 14.3 Å². The van der Waals surface area contributed by atoms with Crippen LogP contribution in [0.15, 0.2) is 65.2 Å². The number of esters is 1. The van der Waals surface area contributed by atoms with E-state index >= 15 is 0 Å². The highest BCUT2D eigenvalue weighted by atomic mass is 28.4. The molecular weight excluding hydrogens is 466 g/mol.